The summed E-state index contributed by atoms with van der Waals surface area (Å²) in [5, 5.41) is 10.0. The van der Waals surface area contributed by atoms with E-state index >= 15 is 0 Å². The van der Waals surface area contributed by atoms with Crippen LogP contribution in [-0.4, -0.2) is 31.5 Å². The maximum absolute atomic E-state index is 11.2. The van der Waals surface area contributed by atoms with Gasteiger partial charge in [0.05, 0.1) is 26.3 Å². The van der Waals surface area contributed by atoms with E-state index in [4.69, 9.17) is 25.8 Å². The minimum Gasteiger partial charge on any atom is -0.493 e. The van der Waals surface area contributed by atoms with Gasteiger partial charge >= 0.3 is 5.69 Å². The lowest BCUT2D eigenvalue weighted by Gasteiger charge is -2.13. The fourth-order valence-electron chi connectivity index (χ4n) is 1.47. The van der Waals surface area contributed by atoms with Gasteiger partial charge in [0.15, 0.2) is 5.75 Å². The van der Waals surface area contributed by atoms with E-state index in [1.165, 1.54) is 21.3 Å². The van der Waals surface area contributed by atoms with E-state index in [9.17, 15) is 14.9 Å². The average molecular weight is 276 g/mol. The molecule has 0 aliphatic carbocycles. The van der Waals surface area contributed by atoms with Crippen molar-refractivity contribution in [1.29, 1.82) is 0 Å². The van der Waals surface area contributed by atoms with Gasteiger partial charge in [-0.3, -0.25) is 14.9 Å². The molecular weight excluding hydrogens is 266 g/mol. The van der Waals surface area contributed by atoms with Gasteiger partial charge in [0.1, 0.15) is 5.56 Å². The molecule has 0 fully saturated rings. The van der Waals surface area contributed by atoms with Gasteiger partial charge in [0.25, 0.3) is 5.24 Å². The van der Waals surface area contributed by atoms with Gasteiger partial charge in [-0.25, -0.2) is 0 Å². The highest BCUT2D eigenvalue weighted by molar-refractivity contribution is 6.68. The molecule has 1 aromatic rings. The van der Waals surface area contributed by atoms with Crippen LogP contribution in [0.1, 0.15) is 10.4 Å². The topological polar surface area (TPSA) is 87.9 Å². The molecule has 0 aliphatic heterocycles. The molecule has 7 nitrogen and oxygen atoms in total. The third kappa shape index (κ3) is 2.30. The van der Waals surface area contributed by atoms with Crippen LogP contribution in [0.2, 0.25) is 0 Å². The van der Waals surface area contributed by atoms with Crippen molar-refractivity contribution in [1.82, 2.24) is 0 Å². The van der Waals surface area contributed by atoms with E-state index in [0.29, 0.717) is 0 Å². The zero-order valence-electron chi connectivity index (χ0n) is 9.85. The van der Waals surface area contributed by atoms with Gasteiger partial charge in [-0.2, -0.15) is 0 Å². The quantitative estimate of drug-likeness (QED) is 0.464. The monoisotopic (exact) mass is 275 g/mol. The van der Waals surface area contributed by atoms with Gasteiger partial charge in [0, 0.05) is 6.07 Å². The highest BCUT2D eigenvalue weighted by atomic mass is 35.5. The molecule has 8 heteroatoms. The number of halogens is 1. The summed E-state index contributed by atoms with van der Waals surface area (Å²) >= 11 is 5.31. The molecule has 0 aliphatic rings. The number of nitrogens with zero attached hydrogens (tertiary/aromatic N) is 1. The third-order valence-corrected chi connectivity index (χ3v) is 2.40. The number of nitro groups is 1. The Hall–Kier alpha value is -2.02. The number of ether oxygens (including phenoxy) is 3. The lowest BCUT2D eigenvalue weighted by molar-refractivity contribution is -0.386. The molecular formula is C10H10ClNO6. The molecule has 0 saturated carbocycles. The Morgan fingerprint density at radius 2 is 1.78 bits per heavy atom. The molecule has 1 aromatic carbocycles. The predicted molar refractivity (Wildman–Crippen MR) is 62.9 cm³/mol. The van der Waals surface area contributed by atoms with Crippen molar-refractivity contribution >= 4 is 22.5 Å². The first-order valence-corrected chi connectivity index (χ1v) is 5.02. The Labute approximate surface area is 107 Å². The minimum atomic E-state index is -0.985. The number of methoxy groups -OCH3 is 3. The highest BCUT2D eigenvalue weighted by Gasteiger charge is 2.31. The summed E-state index contributed by atoms with van der Waals surface area (Å²) in [6.07, 6.45) is 0. The van der Waals surface area contributed by atoms with Crippen LogP contribution in [0.15, 0.2) is 6.07 Å². The average Bonchev–Trinajstić information content (AvgIpc) is 2.35. The fraction of sp³-hybridized carbons (Fsp3) is 0.300. The van der Waals surface area contributed by atoms with E-state index in [0.717, 1.165) is 6.07 Å². The van der Waals surface area contributed by atoms with E-state index in [1.807, 2.05) is 0 Å². The van der Waals surface area contributed by atoms with Crippen molar-refractivity contribution in [3.63, 3.8) is 0 Å². The van der Waals surface area contributed by atoms with Crippen molar-refractivity contribution in [3.8, 4) is 17.2 Å². The first-order valence-electron chi connectivity index (χ1n) is 4.65. The normalized spacial score (nSPS) is 9.78. The van der Waals surface area contributed by atoms with Gasteiger partial charge in [-0.1, -0.05) is 0 Å². The van der Waals surface area contributed by atoms with Crippen molar-refractivity contribution < 1.29 is 23.9 Å². The molecule has 0 bridgehead atoms. The van der Waals surface area contributed by atoms with Crippen LogP contribution in [0.4, 0.5) is 5.69 Å². The fourth-order valence-corrected chi connectivity index (χ4v) is 1.62. The van der Waals surface area contributed by atoms with Gasteiger partial charge in [-0.05, 0) is 11.6 Å². The van der Waals surface area contributed by atoms with E-state index in [2.05, 4.69) is 0 Å². The maximum atomic E-state index is 11.2. The lowest BCUT2D eigenvalue weighted by Crippen LogP contribution is -2.05. The number of hydrogen-bond donors (Lipinski definition) is 0. The van der Waals surface area contributed by atoms with Crippen LogP contribution >= 0.6 is 11.6 Å². The van der Waals surface area contributed by atoms with Gasteiger partial charge < -0.3 is 14.2 Å². The maximum Gasteiger partial charge on any atom is 0.327 e. The summed E-state index contributed by atoms with van der Waals surface area (Å²) in [6.45, 7) is 0. The number of benzene rings is 1. The second kappa shape index (κ2) is 5.54. The second-order valence-electron chi connectivity index (χ2n) is 3.07. The summed E-state index contributed by atoms with van der Waals surface area (Å²) in [6, 6.07) is 1.13. The summed E-state index contributed by atoms with van der Waals surface area (Å²) in [7, 11) is 3.84. The Bertz CT molecular complexity index is 502. The zero-order valence-corrected chi connectivity index (χ0v) is 10.6. The van der Waals surface area contributed by atoms with E-state index < -0.39 is 15.9 Å². The smallest absolute Gasteiger partial charge is 0.327 e. The number of carbonyl (C=O) groups excluding carboxylic acids is 1. The molecule has 1 rings (SSSR count). The van der Waals surface area contributed by atoms with E-state index in [-0.39, 0.29) is 22.8 Å². The van der Waals surface area contributed by atoms with Crippen molar-refractivity contribution in [3.05, 3.63) is 21.7 Å². The standard InChI is InChI=1S/C10H10ClNO6/c1-16-6-4-5(10(11)13)7(12(14)15)9(18-3)8(6)17-2/h4H,1-3H3. The van der Waals surface area contributed by atoms with Crippen LogP contribution < -0.4 is 14.2 Å². The van der Waals surface area contributed by atoms with Crippen molar-refractivity contribution in [2.45, 2.75) is 0 Å². The van der Waals surface area contributed by atoms with Gasteiger partial charge in [0.2, 0.25) is 11.5 Å². The highest BCUT2D eigenvalue weighted by Crippen LogP contribution is 2.46. The van der Waals surface area contributed by atoms with Crippen LogP contribution in [-0.2, 0) is 0 Å². The predicted octanol–water partition coefficient (Wildman–Crippen LogP) is 2.00. The Kier molecular flexibility index (Phi) is 4.33. The third-order valence-electron chi connectivity index (χ3n) is 2.20. The minimum absolute atomic E-state index is 0.0216. The largest absolute Gasteiger partial charge is 0.493 e. The Balaban J connectivity index is 3.74. The summed E-state index contributed by atoms with van der Waals surface area (Å²) in [5.41, 5.74) is -0.883. The molecule has 0 heterocycles. The summed E-state index contributed by atoms with van der Waals surface area (Å²) in [4.78, 5) is 21.4. The van der Waals surface area contributed by atoms with Crippen LogP contribution in [0.25, 0.3) is 0 Å². The molecule has 18 heavy (non-hydrogen) atoms. The second-order valence-corrected chi connectivity index (χ2v) is 3.42. The van der Waals surface area contributed by atoms with Crippen LogP contribution in [0.5, 0.6) is 17.2 Å². The lowest BCUT2D eigenvalue weighted by atomic mass is 10.1. The molecule has 0 spiro atoms. The molecule has 0 amide bonds. The molecule has 0 saturated heterocycles. The Morgan fingerprint density at radius 3 is 2.11 bits per heavy atom. The summed E-state index contributed by atoms with van der Waals surface area (Å²) in [5.74, 6) is -0.0804. The number of nitro benzene ring substituents is 1. The molecule has 0 N–H and O–H groups in total. The first-order chi connectivity index (χ1) is 8.47. The first kappa shape index (κ1) is 14.0. The van der Waals surface area contributed by atoms with Crippen molar-refractivity contribution in [2.24, 2.45) is 0 Å². The van der Waals surface area contributed by atoms with Gasteiger partial charge in [-0.15, -0.1) is 0 Å². The van der Waals surface area contributed by atoms with E-state index in [1.54, 1.807) is 0 Å². The number of rotatable bonds is 5. The zero-order chi connectivity index (χ0) is 13.9. The molecule has 0 unspecified atom stereocenters. The summed E-state index contributed by atoms with van der Waals surface area (Å²) < 4.78 is 14.8. The molecule has 98 valence electrons. The number of carbonyl (C=O) groups is 1. The number of hydrogen-bond acceptors (Lipinski definition) is 6. The molecule has 0 radical (unpaired) electrons. The molecule has 0 aromatic heterocycles. The SMILES string of the molecule is COc1cc(C(=O)Cl)c([N+](=O)[O-])c(OC)c1OC. The van der Waals surface area contributed by atoms with Crippen molar-refractivity contribution in [2.75, 3.05) is 21.3 Å². The Morgan fingerprint density at radius 1 is 1.22 bits per heavy atom. The van der Waals surface area contributed by atoms with Crippen LogP contribution in [0.3, 0.4) is 0 Å². The van der Waals surface area contributed by atoms with Crippen LogP contribution in [0, 0.1) is 10.1 Å². The molecule has 0 atom stereocenters.